The number of benzene rings is 2. The van der Waals surface area contributed by atoms with Gasteiger partial charge in [0, 0.05) is 37.6 Å². The van der Waals surface area contributed by atoms with Crippen molar-refractivity contribution in [2.24, 2.45) is 11.8 Å². The maximum atomic E-state index is 13.5. The van der Waals surface area contributed by atoms with Crippen LogP contribution in [0.5, 0.6) is 5.75 Å². The third kappa shape index (κ3) is 6.87. The number of nitrogens with one attached hydrogen (secondary N) is 3. The molecule has 2 aliphatic rings. The molecule has 3 N–H and O–H groups in total. The topological polar surface area (TPSA) is 186 Å². The van der Waals surface area contributed by atoms with E-state index in [1.54, 1.807) is 51.4 Å². The zero-order valence-corrected chi connectivity index (χ0v) is 25.9. The van der Waals surface area contributed by atoms with Crippen LogP contribution in [-0.4, -0.2) is 84.2 Å². The average Bonchev–Trinajstić information content (AvgIpc) is 3.95. The van der Waals surface area contributed by atoms with E-state index in [2.05, 4.69) is 37.0 Å². The van der Waals surface area contributed by atoms with Gasteiger partial charge in [-0.25, -0.2) is 14.4 Å². The SMILES string of the molecule is COc1cc(-n2cnc(NC(=O)[C@H]3CCN(C#N)C3)c2)ccc1F.N#CN1CC[C@H](C(=O)Nc2cn(-c3cccc4[nH]ncc34)cn2)C1. The molecule has 2 aromatic carbocycles. The first kappa shape index (κ1) is 31.6. The molecule has 0 aliphatic carbocycles. The van der Waals surface area contributed by atoms with Crippen LogP contribution in [0.25, 0.3) is 22.3 Å². The molecule has 244 valence electrons. The number of ether oxygens (including phenoxy) is 1. The number of rotatable bonds is 7. The lowest BCUT2D eigenvalue weighted by Gasteiger charge is -2.09. The van der Waals surface area contributed by atoms with Crippen LogP contribution >= 0.6 is 0 Å². The van der Waals surface area contributed by atoms with Crippen LogP contribution in [0, 0.1) is 40.6 Å². The molecule has 2 amide bonds. The van der Waals surface area contributed by atoms with Crippen LogP contribution in [0.15, 0.2) is 67.6 Å². The molecule has 2 aliphatic heterocycles. The Morgan fingerprint density at radius 1 is 0.938 bits per heavy atom. The molecule has 16 heteroatoms. The van der Waals surface area contributed by atoms with E-state index in [9.17, 15) is 14.0 Å². The Morgan fingerprint density at radius 3 is 2.17 bits per heavy atom. The maximum absolute atomic E-state index is 13.5. The number of likely N-dealkylation sites (tertiary alicyclic amines) is 2. The molecule has 2 atom stereocenters. The molecule has 3 aromatic heterocycles. The second kappa shape index (κ2) is 13.9. The minimum Gasteiger partial charge on any atom is -0.494 e. The molecule has 0 radical (unpaired) electrons. The lowest BCUT2D eigenvalue weighted by Crippen LogP contribution is -2.25. The van der Waals surface area contributed by atoms with Gasteiger partial charge < -0.3 is 34.3 Å². The quantitative estimate of drug-likeness (QED) is 0.221. The Labute approximate surface area is 274 Å². The van der Waals surface area contributed by atoms with Gasteiger partial charge in [-0.3, -0.25) is 14.7 Å². The van der Waals surface area contributed by atoms with E-state index in [0.29, 0.717) is 56.3 Å². The molecule has 0 saturated carbocycles. The molecular weight excluding hydrogens is 619 g/mol. The minimum absolute atomic E-state index is 0.0977. The third-order valence-electron chi connectivity index (χ3n) is 8.24. The number of H-pyrrole nitrogens is 1. The van der Waals surface area contributed by atoms with Crippen molar-refractivity contribution in [2.45, 2.75) is 12.8 Å². The predicted octanol–water partition coefficient (Wildman–Crippen LogP) is 3.25. The number of aromatic amines is 1. The molecule has 5 aromatic rings. The lowest BCUT2D eigenvalue weighted by molar-refractivity contribution is -0.120. The number of anilines is 2. The molecule has 5 heterocycles. The van der Waals surface area contributed by atoms with Crippen LogP contribution in [-0.2, 0) is 9.59 Å². The fourth-order valence-electron chi connectivity index (χ4n) is 5.62. The standard InChI is InChI=1S/C16H16FN5O2.C16H15N7O/c1-24-14-6-12(2-3-13(14)17)22-8-15(19-10-22)20-16(23)11-4-5-21(7-11)9-18;17-9-22-5-4-11(7-22)16(24)20-15-8-23(10-18-15)14-3-1-2-13-12(14)6-19-21-13/h2-3,6,8,10-11H,4-5,7H2,1H3,(H,20,23);1-3,6,8,10-11H,4-5,7H2,(H,19,21)(H,20,24)/t2*11-/m00/s1. The third-order valence-corrected chi connectivity index (χ3v) is 8.24. The van der Waals surface area contributed by atoms with Crippen molar-refractivity contribution in [3.05, 3.63) is 73.5 Å². The van der Waals surface area contributed by atoms with Crippen molar-refractivity contribution < 1.29 is 18.7 Å². The highest BCUT2D eigenvalue weighted by molar-refractivity contribution is 5.93. The van der Waals surface area contributed by atoms with Crippen molar-refractivity contribution in [3.8, 4) is 29.5 Å². The summed E-state index contributed by atoms with van der Waals surface area (Å²) in [4.78, 5) is 36.0. The van der Waals surface area contributed by atoms with Crippen molar-refractivity contribution >= 4 is 34.4 Å². The number of fused-ring (bicyclic) bond motifs is 1. The Bertz CT molecular complexity index is 2020. The van der Waals surface area contributed by atoms with Gasteiger partial charge in [0.25, 0.3) is 0 Å². The normalized spacial score (nSPS) is 16.9. The maximum Gasteiger partial charge on any atom is 0.230 e. The molecule has 15 nitrogen and oxygen atoms in total. The summed E-state index contributed by atoms with van der Waals surface area (Å²) in [7, 11) is 1.40. The van der Waals surface area contributed by atoms with Crippen molar-refractivity contribution in [2.75, 3.05) is 43.9 Å². The van der Waals surface area contributed by atoms with E-state index < -0.39 is 5.82 Å². The number of amides is 2. The number of methoxy groups -OCH3 is 1. The number of imidazole rings is 2. The van der Waals surface area contributed by atoms with Gasteiger partial charge in [-0.1, -0.05) is 6.07 Å². The second-order valence-corrected chi connectivity index (χ2v) is 11.3. The van der Waals surface area contributed by atoms with Crippen molar-refractivity contribution in [3.63, 3.8) is 0 Å². The monoisotopic (exact) mass is 650 g/mol. The van der Waals surface area contributed by atoms with E-state index in [1.807, 2.05) is 29.0 Å². The minimum atomic E-state index is -0.446. The van der Waals surface area contributed by atoms with Gasteiger partial charge in [0.1, 0.15) is 12.7 Å². The number of aromatic nitrogens is 6. The lowest BCUT2D eigenvalue weighted by atomic mass is 10.1. The van der Waals surface area contributed by atoms with Crippen molar-refractivity contribution in [1.82, 2.24) is 39.1 Å². The van der Waals surface area contributed by atoms with Crippen LogP contribution in [0.4, 0.5) is 16.0 Å². The highest BCUT2D eigenvalue weighted by Gasteiger charge is 2.29. The first-order chi connectivity index (χ1) is 23.3. The summed E-state index contributed by atoms with van der Waals surface area (Å²) in [5.74, 6) is -0.0656. The second-order valence-electron chi connectivity index (χ2n) is 11.3. The van der Waals surface area contributed by atoms with E-state index in [-0.39, 0.29) is 29.4 Å². The van der Waals surface area contributed by atoms with Gasteiger partial charge in [0.2, 0.25) is 11.8 Å². The van der Waals surface area contributed by atoms with E-state index in [0.717, 1.165) is 16.6 Å². The zero-order valence-electron chi connectivity index (χ0n) is 25.9. The summed E-state index contributed by atoms with van der Waals surface area (Å²) in [6.45, 7) is 2.12. The van der Waals surface area contributed by atoms with Gasteiger partial charge in [0.05, 0.1) is 54.4 Å². The first-order valence-electron chi connectivity index (χ1n) is 15.1. The molecule has 7 rings (SSSR count). The Hall–Kier alpha value is -6.42. The van der Waals surface area contributed by atoms with Crippen LogP contribution in [0.1, 0.15) is 12.8 Å². The fraction of sp³-hybridized carbons (Fsp3) is 0.281. The highest BCUT2D eigenvalue weighted by atomic mass is 19.1. The number of nitrogens with zero attached hydrogens (tertiary/aromatic N) is 9. The Kier molecular flexibility index (Phi) is 9.15. The fourth-order valence-corrected chi connectivity index (χ4v) is 5.62. The van der Waals surface area contributed by atoms with E-state index in [4.69, 9.17) is 15.3 Å². The number of carbonyl (C=O) groups excluding carboxylic acids is 2. The molecule has 0 bridgehead atoms. The zero-order chi connectivity index (χ0) is 33.6. The van der Waals surface area contributed by atoms with Crippen LogP contribution < -0.4 is 15.4 Å². The predicted molar refractivity (Wildman–Crippen MR) is 171 cm³/mol. The molecule has 0 spiro atoms. The highest BCUT2D eigenvalue weighted by Crippen LogP contribution is 2.24. The van der Waals surface area contributed by atoms with E-state index >= 15 is 0 Å². The smallest absolute Gasteiger partial charge is 0.230 e. The van der Waals surface area contributed by atoms with Gasteiger partial charge in [-0.2, -0.15) is 15.6 Å². The van der Waals surface area contributed by atoms with Gasteiger partial charge in [-0.05, 0) is 37.1 Å². The number of carbonyl (C=O) groups is 2. The summed E-state index contributed by atoms with van der Waals surface area (Å²) in [6.07, 6.45) is 13.8. The summed E-state index contributed by atoms with van der Waals surface area (Å²) in [6, 6.07) is 10.3. The first-order valence-corrected chi connectivity index (χ1v) is 15.1. The number of hydrogen-bond acceptors (Lipinski definition) is 10. The molecule has 0 unspecified atom stereocenters. The molecule has 2 fully saturated rings. The molecule has 48 heavy (non-hydrogen) atoms. The van der Waals surface area contributed by atoms with E-state index in [1.165, 1.54) is 19.5 Å². The van der Waals surface area contributed by atoms with Crippen LogP contribution in [0.3, 0.4) is 0 Å². The molecular formula is C32H31FN12O3. The Balaban J connectivity index is 0.000000167. The molecule has 2 saturated heterocycles. The summed E-state index contributed by atoms with van der Waals surface area (Å²) < 4.78 is 21.9. The van der Waals surface area contributed by atoms with Crippen molar-refractivity contribution in [1.29, 1.82) is 10.5 Å². The number of halogens is 1. The summed E-state index contributed by atoms with van der Waals surface area (Å²) >= 11 is 0. The summed E-state index contributed by atoms with van der Waals surface area (Å²) in [5, 5.41) is 31.3. The van der Waals surface area contributed by atoms with Gasteiger partial charge in [0.15, 0.2) is 35.6 Å². The van der Waals surface area contributed by atoms with Gasteiger partial charge >= 0.3 is 0 Å². The largest absolute Gasteiger partial charge is 0.494 e. The Morgan fingerprint density at radius 2 is 1.56 bits per heavy atom. The number of hydrogen-bond donors (Lipinski definition) is 3. The van der Waals surface area contributed by atoms with Gasteiger partial charge in [-0.15, -0.1) is 0 Å². The van der Waals surface area contributed by atoms with Crippen LogP contribution in [0.2, 0.25) is 0 Å². The number of nitriles is 2. The summed E-state index contributed by atoms with van der Waals surface area (Å²) in [5.41, 5.74) is 2.54. The average molecular weight is 651 g/mol.